The Bertz CT molecular complexity index is 501. The summed E-state index contributed by atoms with van der Waals surface area (Å²) in [4.78, 5) is 18.3. The SMILES string of the molecule is COC(C)C(=O)N(c1cccc(SC)c1)C1CCN(C)CC1. The van der Waals surface area contributed by atoms with Crippen LogP contribution in [0.5, 0.6) is 0 Å². The molecule has 0 radical (unpaired) electrons. The zero-order chi connectivity index (χ0) is 16.1. The van der Waals surface area contributed by atoms with Crippen LogP contribution in [0, 0.1) is 0 Å². The second-order valence-corrected chi connectivity index (χ2v) is 6.70. The zero-order valence-corrected chi connectivity index (χ0v) is 14.7. The fourth-order valence-electron chi connectivity index (χ4n) is 2.83. The third-order valence-corrected chi connectivity index (χ3v) is 5.05. The molecule has 5 heteroatoms. The zero-order valence-electron chi connectivity index (χ0n) is 13.9. The van der Waals surface area contributed by atoms with Gasteiger partial charge in [-0.15, -0.1) is 11.8 Å². The Labute approximate surface area is 137 Å². The van der Waals surface area contributed by atoms with E-state index >= 15 is 0 Å². The average molecular weight is 322 g/mol. The van der Waals surface area contributed by atoms with Crippen LogP contribution >= 0.6 is 11.8 Å². The summed E-state index contributed by atoms with van der Waals surface area (Å²) in [6, 6.07) is 8.47. The highest BCUT2D eigenvalue weighted by Gasteiger charge is 2.31. The van der Waals surface area contributed by atoms with Crippen LogP contribution in [0.4, 0.5) is 5.69 Å². The number of likely N-dealkylation sites (tertiary alicyclic amines) is 1. The lowest BCUT2D eigenvalue weighted by Gasteiger charge is -2.38. The lowest BCUT2D eigenvalue weighted by Crippen LogP contribution is -2.50. The van der Waals surface area contributed by atoms with Gasteiger partial charge in [0.1, 0.15) is 6.10 Å². The van der Waals surface area contributed by atoms with Crippen molar-refractivity contribution >= 4 is 23.4 Å². The van der Waals surface area contributed by atoms with Gasteiger partial charge in [0.15, 0.2) is 0 Å². The van der Waals surface area contributed by atoms with Crippen molar-refractivity contribution in [3.05, 3.63) is 24.3 Å². The highest BCUT2D eigenvalue weighted by Crippen LogP contribution is 2.28. The van der Waals surface area contributed by atoms with Crippen molar-refractivity contribution in [3.8, 4) is 0 Å². The maximum Gasteiger partial charge on any atom is 0.256 e. The van der Waals surface area contributed by atoms with Gasteiger partial charge in [0.2, 0.25) is 0 Å². The van der Waals surface area contributed by atoms with E-state index < -0.39 is 6.10 Å². The number of hydrogen-bond acceptors (Lipinski definition) is 4. The molecule has 1 atom stereocenters. The van der Waals surface area contributed by atoms with E-state index in [2.05, 4.69) is 30.3 Å². The summed E-state index contributed by atoms with van der Waals surface area (Å²) in [6.45, 7) is 3.87. The van der Waals surface area contributed by atoms with E-state index in [0.29, 0.717) is 0 Å². The van der Waals surface area contributed by atoms with Gasteiger partial charge in [0, 0.05) is 23.7 Å². The average Bonchev–Trinajstić information content (AvgIpc) is 2.56. The molecule has 4 nitrogen and oxygen atoms in total. The van der Waals surface area contributed by atoms with E-state index in [0.717, 1.165) is 31.6 Å². The Morgan fingerprint density at radius 2 is 2.09 bits per heavy atom. The van der Waals surface area contributed by atoms with Crippen molar-refractivity contribution in [2.45, 2.75) is 36.8 Å². The molecule has 1 amide bonds. The topological polar surface area (TPSA) is 32.8 Å². The van der Waals surface area contributed by atoms with Crippen molar-refractivity contribution in [2.75, 3.05) is 38.4 Å². The molecule has 0 saturated carbocycles. The molecule has 0 aromatic heterocycles. The number of nitrogens with zero attached hydrogens (tertiary/aromatic N) is 2. The van der Waals surface area contributed by atoms with Gasteiger partial charge in [0.05, 0.1) is 0 Å². The van der Waals surface area contributed by atoms with Crippen LogP contribution in [0.1, 0.15) is 19.8 Å². The second kappa shape index (κ2) is 7.99. The molecule has 122 valence electrons. The number of carbonyl (C=O) groups excluding carboxylic acids is 1. The third-order valence-electron chi connectivity index (χ3n) is 4.32. The molecule has 2 rings (SSSR count). The molecule has 1 aliphatic heterocycles. The highest BCUT2D eigenvalue weighted by molar-refractivity contribution is 7.98. The molecule has 1 heterocycles. The van der Waals surface area contributed by atoms with Gasteiger partial charge < -0.3 is 14.5 Å². The molecular weight excluding hydrogens is 296 g/mol. The molecular formula is C17H26N2O2S. The monoisotopic (exact) mass is 322 g/mol. The first-order chi connectivity index (χ1) is 10.6. The minimum Gasteiger partial charge on any atom is -0.372 e. The number of piperidine rings is 1. The number of carbonyl (C=O) groups is 1. The van der Waals surface area contributed by atoms with Crippen LogP contribution in [0.3, 0.4) is 0 Å². The van der Waals surface area contributed by atoms with Gasteiger partial charge in [0.25, 0.3) is 5.91 Å². The van der Waals surface area contributed by atoms with Crippen LogP contribution in [-0.2, 0) is 9.53 Å². The molecule has 1 saturated heterocycles. The first-order valence-electron chi connectivity index (χ1n) is 7.75. The predicted octanol–water partition coefficient (Wildman–Crippen LogP) is 2.87. The summed E-state index contributed by atoms with van der Waals surface area (Å²) in [6.07, 6.45) is 3.64. The molecule has 1 aliphatic rings. The first-order valence-corrected chi connectivity index (χ1v) is 8.97. The fraction of sp³-hybridized carbons (Fsp3) is 0.588. The molecule has 0 spiro atoms. The number of ether oxygens (including phenoxy) is 1. The Morgan fingerprint density at radius 3 is 2.68 bits per heavy atom. The molecule has 0 N–H and O–H groups in total. The van der Waals surface area contributed by atoms with E-state index in [1.807, 2.05) is 24.0 Å². The normalized spacial score (nSPS) is 18.2. The smallest absolute Gasteiger partial charge is 0.256 e. The molecule has 1 aromatic carbocycles. The van der Waals surface area contributed by atoms with E-state index in [4.69, 9.17) is 4.74 Å². The van der Waals surface area contributed by atoms with E-state index in [-0.39, 0.29) is 11.9 Å². The van der Waals surface area contributed by atoms with Crippen LogP contribution in [0.15, 0.2) is 29.2 Å². The van der Waals surface area contributed by atoms with Crippen molar-refractivity contribution in [1.82, 2.24) is 4.90 Å². The molecule has 1 unspecified atom stereocenters. The van der Waals surface area contributed by atoms with Gasteiger partial charge in [-0.3, -0.25) is 4.79 Å². The summed E-state index contributed by atoms with van der Waals surface area (Å²) in [5.41, 5.74) is 0.982. The lowest BCUT2D eigenvalue weighted by molar-refractivity contribution is -0.128. The van der Waals surface area contributed by atoms with Gasteiger partial charge in [-0.25, -0.2) is 0 Å². The summed E-state index contributed by atoms with van der Waals surface area (Å²) in [7, 11) is 3.72. The van der Waals surface area contributed by atoms with Crippen LogP contribution in [-0.4, -0.2) is 56.5 Å². The lowest BCUT2D eigenvalue weighted by atomic mass is 10.0. The standard InChI is InChI=1S/C17H26N2O2S/c1-13(21-3)17(20)19(14-8-10-18(2)11-9-14)15-6-5-7-16(12-15)22-4/h5-7,12-14H,8-11H2,1-4H3. The van der Waals surface area contributed by atoms with E-state index in [9.17, 15) is 4.79 Å². The molecule has 0 bridgehead atoms. The van der Waals surface area contributed by atoms with Crippen molar-refractivity contribution in [2.24, 2.45) is 0 Å². The molecule has 1 aromatic rings. The molecule has 0 aliphatic carbocycles. The Morgan fingerprint density at radius 1 is 1.41 bits per heavy atom. The number of amides is 1. The minimum absolute atomic E-state index is 0.0512. The van der Waals surface area contributed by atoms with E-state index in [1.54, 1.807) is 18.9 Å². The summed E-state index contributed by atoms with van der Waals surface area (Å²) >= 11 is 1.70. The Kier molecular flexibility index (Phi) is 6.29. The highest BCUT2D eigenvalue weighted by atomic mass is 32.2. The van der Waals surface area contributed by atoms with Gasteiger partial charge in [-0.1, -0.05) is 6.07 Å². The maximum atomic E-state index is 12.8. The minimum atomic E-state index is -0.419. The number of anilines is 1. The van der Waals surface area contributed by atoms with Crippen molar-refractivity contribution < 1.29 is 9.53 Å². The van der Waals surface area contributed by atoms with Crippen LogP contribution < -0.4 is 4.90 Å². The predicted molar refractivity (Wildman–Crippen MR) is 92.7 cm³/mol. The number of rotatable bonds is 5. The van der Waals surface area contributed by atoms with Crippen molar-refractivity contribution in [1.29, 1.82) is 0 Å². The quantitative estimate of drug-likeness (QED) is 0.781. The Balaban J connectivity index is 2.30. The third kappa shape index (κ3) is 4.03. The fourth-order valence-corrected chi connectivity index (χ4v) is 3.28. The maximum absolute atomic E-state index is 12.8. The second-order valence-electron chi connectivity index (χ2n) is 5.82. The van der Waals surface area contributed by atoms with Crippen LogP contribution in [0.2, 0.25) is 0 Å². The summed E-state index contributed by atoms with van der Waals surface area (Å²) in [5, 5.41) is 0. The summed E-state index contributed by atoms with van der Waals surface area (Å²) < 4.78 is 5.28. The largest absolute Gasteiger partial charge is 0.372 e. The number of benzene rings is 1. The van der Waals surface area contributed by atoms with Gasteiger partial charge in [-0.05, 0) is 64.4 Å². The molecule has 22 heavy (non-hydrogen) atoms. The number of hydrogen-bond donors (Lipinski definition) is 0. The van der Waals surface area contributed by atoms with Crippen molar-refractivity contribution in [3.63, 3.8) is 0 Å². The number of thioether (sulfide) groups is 1. The van der Waals surface area contributed by atoms with Gasteiger partial charge >= 0.3 is 0 Å². The Hall–Kier alpha value is -1.04. The van der Waals surface area contributed by atoms with Crippen LogP contribution in [0.25, 0.3) is 0 Å². The number of methoxy groups -OCH3 is 1. The van der Waals surface area contributed by atoms with E-state index in [1.165, 1.54) is 4.90 Å². The summed E-state index contributed by atoms with van der Waals surface area (Å²) in [5.74, 6) is 0.0512. The molecule has 1 fully saturated rings. The first kappa shape index (κ1) is 17.3. The van der Waals surface area contributed by atoms with Gasteiger partial charge in [-0.2, -0.15) is 0 Å².